The van der Waals surface area contributed by atoms with E-state index in [9.17, 15) is 23.9 Å². The van der Waals surface area contributed by atoms with Crippen LogP contribution < -0.4 is 16.5 Å². The predicted molar refractivity (Wildman–Crippen MR) is 125 cm³/mol. The minimum absolute atomic E-state index is 0.0378. The van der Waals surface area contributed by atoms with Gasteiger partial charge >= 0.3 is 5.97 Å². The molecule has 0 saturated carbocycles. The lowest BCUT2D eigenvalue weighted by molar-refractivity contribution is -0.150. The first-order valence-electron chi connectivity index (χ1n) is 10.1. The van der Waals surface area contributed by atoms with Gasteiger partial charge in [-0.3, -0.25) is 19.9 Å². The molecule has 2 atom stereocenters. The summed E-state index contributed by atoms with van der Waals surface area (Å²) in [6.07, 6.45) is 3.01. The minimum Gasteiger partial charge on any atom is -0.477 e. The molecule has 5 N–H and O–H groups in total. The van der Waals surface area contributed by atoms with Crippen LogP contribution in [0.3, 0.4) is 0 Å². The maximum atomic E-state index is 13.0. The second-order valence-electron chi connectivity index (χ2n) is 7.38. The van der Waals surface area contributed by atoms with Crippen molar-refractivity contribution in [3.8, 4) is 0 Å². The van der Waals surface area contributed by atoms with Crippen LogP contribution in [0.15, 0.2) is 40.8 Å². The van der Waals surface area contributed by atoms with Gasteiger partial charge in [0.15, 0.2) is 16.5 Å². The zero-order chi connectivity index (χ0) is 25.6. The Kier molecular flexibility index (Phi) is 5.92. The van der Waals surface area contributed by atoms with Gasteiger partial charge in [0, 0.05) is 23.4 Å². The number of rotatable bonds is 7. The summed E-state index contributed by atoms with van der Waals surface area (Å²) in [5.41, 5.74) is 5.87. The number of nitrogens with two attached hydrogens (primary N) is 1. The first-order valence-corrected chi connectivity index (χ1v) is 12.0. The maximum absolute atomic E-state index is 13.0. The van der Waals surface area contributed by atoms with Crippen LogP contribution >= 0.6 is 23.1 Å². The number of anilines is 1. The van der Waals surface area contributed by atoms with Crippen LogP contribution in [0.5, 0.6) is 0 Å². The van der Waals surface area contributed by atoms with Crippen molar-refractivity contribution in [3.05, 3.63) is 46.8 Å². The molecule has 5 rings (SSSR count). The minimum atomic E-state index is -1.33. The highest BCUT2D eigenvalue weighted by atomic mass is 32.2. The number of amides is 2. The molecule has 2 amide bonds. The highest BCUT2D eigenvalue weighted by Crippen LogP contribution is 2.42. The van der Waals surface area contributed by atoms with Crippen LogP contribution in [0.1, 0.15) is 5.69 Å². The SMILES string of the molecule is N=c1ccn(C2=C(C(=O)O)N3C(=O)[C@@H](NC(=O)C(=NOCF)c4csc(N)n4)[C@@H]3SC2)c2ccnn12. The number of carbonyl (C=O) groups excluding carboxylic acids is 2. The molecule has 3 aromatic heterocycles. The number of alkyl halides is 1. The van der Waals surface area contributed by atoms with Gasteiger partial charge in [-0.25, -0.2) is 14.2 Å². The molecule has 0 aromatic carbocycles. The number of β-lactam (4-membered cyclic amide) rings is 1. The molecule has 2 aliphatic rings. The molecular weight excluding hydrogens is 517 g/mol. The zero-order valence-corrected chi connectivity index (χ0v) is 19.6. The summed E-state index contributed by atoms with van der Waals surface area (Å²) in [6.45, 7) is -1.29. The molecule has 3 aromatic rings. The van der Waals surface area contributed by atoms with Crippen molar-refractivity contribution in [1.29, 1.82) is 5.41 Å². The van der Waals surface area contributed by atoms with Gasteiger partial charge in [0.1, 0.15) is 28.2 Å². The molecule has 0 radical (unpaired) electrons. The number of hydrogen-bond acceptors (Lipinski definition) is 11. The first-order chi connectivity index (χ1) is 17.3. The van der Waals surface area contributed by atoms with Crippen molar-refractivity contribution in [3.63, 3.8) is 0 Å². The van der Waals surface area contributed by atoms with E-state index in [1.807, 2.05) is 0 Å². The molecule has 1 saturated heterocycles. The van der Waals surface area contributed by atoms with Crippen LogP contribution in [0.2, 0.25) is 0 Å². The lowest BCUT2D eigenvalue weighted by Gasteiger charge is -2.49. The Bertz CT molecular complexity index is 1530. The van der Waals surface area contributed by atoms with E-state index in [2.05, 4.69) is 25.4 Å². The van der Waals surface area contributed by atoms with Crippen molar-refractivity contribution in [2.75, 3.05) is 18.3 Å². The molecule has 0 aliphatic carbocycles. The van der Waals surface area contributed by atoms with Gasteiger partial charge in [-0.2, -0.15) is 9.61 Å². The van der Waals surface area contributed by atoms with Crippen molar-refractivity contribution in [2.24, 2.45) is 5.16 Å². The number of halogens is 1. The van der Waals surface area contributed by atoms with E-state index in [0.29, 0.717) is 11.3 Å². The molecule has 36 heavy (non-hydrogen) atoms. The normalized spacial score (nSPS) is 19.8. The van der Waals surface area contributed by atoms with E-state index in [1.54, 1.807) is 10.6 Å². The van der Waals surface area contributed by atoms with Gasteiger partial charge in [-0.05, 0) is 6.07 Å². The summed E-state index contributed by atoms with van der Waals surface area (Å²) in [5, 5.41) is 28.8. The number of carbonyl (C=O) groups is 3. The number of aromatic nitrogens is 4. The van der Waals surface area contributed by atoms with Crippen molar-refractivity contribution in [2.45, 2.75) is 11.4 Å². The van der Waals surface area contributed by atoms with Crippen LogP contribution in [-0.4, -0.2) is 76.7 Å². The second kappa shape index (κ2) is 9.08. The van der Waals surface area contributed by atoms with Gasteiger partial charge < -0.3 is 25.6 Å². The summed E-state index contributed by atoms with van der Waals surface area (Å²) >= 11 is 2.27. The van der Waals surface area contributed by atoms with Crippen LogP contribution in [0.25, 0.3) is 11.3 Å². The molecule has 0 unspecified atom stereocenters. The molecular formula is C19H16FN9O5S2. The third-order valence-corrected chi connectivity index (χ3v) is 7.33. The molecule has 0 spiro atoms. The summed E-state index contributed by atoms with van der Waals surface area (Å²) in [6, 6.07) is 2.00. The number of oxime groups is 1. The number of fused-ring (bicyclic) bond motifs is 2. The fourth-order valence-electron chi connectivity index (χ4n) is 3.87. The Hall–Kier alpha value is -4.25. The Morgan fingerprint density at radius 2 is 2.22 bits per heavy atom. The average Bonchev–Trinajstić information content (AvgIpc) is 3.52. The number of nitrogen functional groups attached to an aromatic ring is 1. The standard InChI is InChI=1S/C19H16FN9O5S2/c20-7-34-26-12(8-5-36-19(22)24-8)15(30)25-13-16(31)28-14(18(32)33)9(6-35-17(13)28)27-4-2-10(21)29-11(27)1-3-23-29/h1-5,13,17,21H,6-7H2,(H2,22,24)(H,25,30)(H,32,33)/t13-,17+/m1/s1. The number of nitrogens with one attached hydrogen (secondary N) is 2. The highest BCUT2D eigenvalue weighted by Gasteiger charge is 2.55. The third kappa shape index (κ3) is 3.77. The zero-order valence-electron chi connectivity index (χ0n) is 18.0. The number of thioether (sulfide) groups is 1. The fourth-order valence-corrected chi connectivity index (χ4v) is 5.76. The van der Waals surface area contributed by atoms with Gasteiger partial charge in [0.2, 0.25) is 0 Å². The fraction of sp³-hybridized carbons (Fsp3) is 0.211. The van der Waals surface area contributed by atoms with Gasteiger partial charge in [0.25, 0.3) is 18.7 Å². The molecule has 0 bridgehead atoms. The monoisotopic (exact) mass is 533 g/mol. The van der Waals surface area contributed by atoms with Crippen LogP contribution in [0, 0.1) is 5.41 Å². The smallest absolute Gasteiger partial charge is 0.354 e. The van der Waals surface area contributed by atoms with E-state index in [1.165, 1.54) is 40.1 Å². The molecule has 17 heteroatoms. The lowest BCUT2D eigenvalue weighted by atomic mass is 10.0. The van der Waals surface area contributed by atoms with Crippen molar-refractivity contribution >= 4 is 63.1 Å². The van der Waals surface area contributed by atoms with E-state index < -0.39 is 36.1 Å². The third-order valence-electron chi connectivity index (χ3n) is 5.39. The molecule has 2 aliphatic heterocycles. The Balaban J connectivity index is 1.44. The Morgan fingerprint density at radius 1 is 1.42 bits per heavy atom. The summed E-state index contributed by atoms with van der Waals surface area (Å²) in [7, 11) is 0. The van der Waals surface area contributed by atoms with Crippen molar-refractivity contribution in [1.82, 2.24) is 29.4 Å². The van der Waals surface area contributed by atoms with Gasteiger partial charge in [-0.15, -0.1) is 23.1 Å². The van der Waals surface area contributed by atoms with Crippen LogP contribution in [-0.2, 0) is 19.2 Å². The highest BCUT2D eigenvalue weighted by molar-refractivity contribution is 8.00. The summed E-state index contributed by atoms with van der Waals surface area (Å²) in [4.78, 5) is 47.6. The topological polar surface area (TPSA) is 193 Å². The molecule has 5 heterocycles. The molecule has 186 valence electrons. The van der Waals surface area contributed by atoms with E-state index in [0.717, 1.165) is 16.2 Å². The summed E-state index contributed by atoms with van der Waals surface area (Å²) < 4.78 is 15.4. The average molecular weight is 534 g/mol. The number of hydrogen-bond donors (Lipinski definition) is 4. The first kappa shape index (κ1) is 23.5. The van der Waals surface area contributed by atoms with E-state index in [4.69, 9.17) is 11.1 Å². The van der Waals surface area contributed by atoms with Crippen LogP contribution in [0.4, 0.5) is 9.52 Å². The summed E-state index contributed by atoms with van der Waals surface area (Å²) in [5.74, 6) is -2.66. The van der Waals surface area contributed by atoms with Gasteiger partial charge in [-0.1, -0.05) is 5.16 Å². The largest absolute Gasteiger partial charge is 0.477 e. The number of nitrogens with zero attached hydrogens (tertiary/aromatic N) is 6. The number of thiazole rings is 1. The maximum Gasteiger partial charge on any atom is 0.354 e. The van der Waals surface area contributed by atoms with E-state index >= 15 is 0 Å². The quantitative estimate of drug-likeness (QED) is 0.178. The number of aliphatic carboxylic acids is 1. The lowest BCUT2D eigenvalue weighted by Crippen LogP contribution is -2.71. The molecule has 14 nitrogen and oxygen atoms in total. The predicted octanol–water partition coefficient (Wildman–Crippen LogP) is -0.345. The Morgan fingerprint density at radius 3 is 2.92 bits per heavy atom. The van der Waals surface area contributed by atoms with Gasteiger partial charge in [0.05, 0.1) is 11.9 Å². The second-order valence-corrected chi connectivity index (χ2v) is 9.38. The molecule has 1 fully saturated rings. The van der Waals surface area contributed by atoms with E-state index in [-0.39, 0.29) is 33.5 Å². The Labute approximate surface area is 208 Å². The number of carboxylic acids is 1. The van der Waals surface area contributed by atoms with Crippen molar-refractivity contribution < 1.29 is 28.7 Å². The number of carboxylic acid groups (broad SMARTS) is 1.